The van der Waals surface area contributed by atoms with E-state index in [1.807, 2.05) is 30.3 Å². The van der Waals surface area contributed by atoms with Gasteiger partial charge < -0.3 is 0 Å². The highest BCUT2D eigenvalue weighted by Gasteiger charge is 2.09. The molecule has 0 aliphatic carbocycles. The number of benzene rings is 2. The van der Waals surface area contributed by atoms with E-state index in [-0.39, 0.29) is 10.6 Å². The summed E-state index contributed by atoms with van der Waals surface area (Å²) in [5, 5.41) is 0.133. The summed E-state index contributed by atoms with van der Waals surface area (Å²) in [6.45, 7) is 0. The lowest BCUT2D eigenvalue weighted by Crippen LogP contribution is -1.90. The molecule has 0 saturated carbocycles. The minimum Gasteiger partial charge on any atom is -0.298 e. The minimum absolute atomic E-state index is 0.0960. The molecule has 0 spiro atoms. The Balaban J connectivity index is 2.57. The van der Waals surface area contributed by atoms with Gasteiger partial charge in [0.05, 0.1) is 10.6 Å². The third-order valence-corrected chi connectivity index (χ3v) is 2.62. The van der Waals surface area contributed by atoms with Gasteiger partial charge in [-0.1, -0.05) is 41.9 Å². The maximum absolute atomic E-state index is 13.5. The van der Waals surface area contributed by atoms with Gasteiger partial charge in [0, 0.05) is 0 Å². The molecule has 2 rings (SSSR count). The van der Waals surface area contributed by atoms with Crippen molar-refractivity contribution >= 4 is 17.9 Å². The Morgan fingerprint density at radius 1 is 1.06 bits per heavy atom. The molecule has 0 atom stereocenters. The lowest BCUT2D eigenvalue weighted by molar-refractivity contribution is 0.112. The summed E-state index contributed by atoms with van der Waals surface area (Å²) in [5.74, 6) is -0.596. The van der Waals surface area contributed by atoms with E-state index >= 15 is 0 Å². The summed E-state index contributed by atoms with van der Waals surface area (Å²) in [4.78, 5) is 10.6. The number of carbonyl (C=O) groups excluding carboxylic acids is 1. The predicted octanol–water partition coefficient (Wildman–Crippen LogP) is 3.96. The molecule has 0 unspecified atom stereocenters. The second kappa shape index (κ2) is 4.45. The maximum Gasteiger partial charge on any atom is 0.154 e. The zero-order valence-corrected chi connectivity index (χ0v) is 9.04. The lowest BCUT2D eigenvalue weighted by Gasteiger charge is -2.04. The van der Waals surface area contributed by atoms with E-state index in [1.54, 1.807) is 6.07 Å². The third kappa shape index (κ3) is 1.97. The van der Waals surface area contributed by atoms with Crippen molar-refractivity contribution < 1.29 is 9.18 Å². The molecule has 0 aliphatic rings. The maximum atomic E-state index is 13.5. The summed E-state index contributed by atoms with van der Waals surface area (Å²) in [6.07, 6.45) is 0.423. The first-order chi connectivity index (χ1) is 7.72. The van der Waals surface area contributed by atoms with Crippen LogP contribution in [0, 0.1) is 5.82 Å². The highest BCUT2D eigenvalue weighted by Crippen LogP contribution is 2.26. The van der Waals surface area contributed by atoms with Gasteiger partial charge in [-0.15, -0.1) is 0 Å². The van der Waals surface area contributed by atoms with Crippen LogP contribution in [0.3, 0.4) is 0 Å². The van der Waals surface area contributed by atoms with Gasteiger partial charge in [-0.25, -0.2) is 4.39 Å². The van der Waals surface area contributed by atoms with Gasteiger partial charge in [0.25, 0.3) is 0 Å². The van der Waals surface area contributed by atoms with Gasteiger partial charge in [-0.3, -0.25) is 4.79 Å². The molecule has 80 valence electrons. The van der Waals surface area contributed by atoms with Gasteiger partial charge in [-0.05, 0) is 23.3 Å². The molecule has 1 nitrogen and oxygen atoms in total. The third-order valence-electron chi connectivity index (χ3n) is 2.30. The number of aldehydes is 1. The molecule has 3 heteroatoms. The molecule has 0 N–H and O–H groups in total. The minimum atomic E-state index is -0.596. The second-order valence-electron chi connectivity index (χ2n) is 3.34. The average molecular weight is 235 g/mol. The van der Waals surface area contributed by atoms with Gasteiger partial charge in [0.15, 0.2) is 6.29 Å². The van der Waals surface area contributed by atoms with Crippen LogP contribution < -0.4 is 0 Å². The first-order valence-electron chi connectivity index (χ1n) is 4.72. The number of halogens is 2. The summed E-state index contributed by atoms with van der Waals surface area (Å²) in [7, 11) is 0. The van der Waals surface area contributed by atoms with Crippen molar-refractivity contribution in [2.24, 2.45) is 0 Å². The zero-order valence-electron chi connectivity index (χ0n) is 8.28. The van der Waals surface area contributed by atoms with Crippen LogP contribution in [-0.4, -0.2) is 6.29 Å². The van der Waals surface area contributed by atoms with Gasteiger partial charge in [0.1, 0.15) is 5.82 Å². The van der Waals surface area contributed by atoms with E-state index in [0.29, 0.717) is 11.8 Å². The molecule has 16 heavy (non-hydrogen) atoms. The van der Waals surface area contributed by atoms with Crippen molar-refractivity contribution in [3.63, 3.8) is 0 Å². The molecule has 0 bridgehead atoms. The molecular weight excluding hydrogens is 227 g/mol. The largest absolute Gasteiger partial charge is 0.298 e. The topological polar surface area (TPSA) is 17.1 Å². The Kier molecular flexibility index (Phi) is 3.02. The summed E-state index contributed by atoms with van der Waals surface area (Å²) < 4.78 is 13.5. The van der Waals surface area contributed by atoms with Crippen molar-refractivity contribution in [3.8, 4) is 11.1 Å². The van der Waals surface area contributed by atoms with Crippen molar-refractivity contribution in [2.45, 2.75) is 0 Å². The predicted molar refractivity (Wildman–Crippen MR) is 62.2 cm³/mol. The van der Waals surface area contributed by atoms with E-state index < -0.39 is 5.82 Å². The Morgan fingerprint density at radius 2 is 1.75 bits per heavy atom. The van der Waals surface area contributed by atoms with Crippen LogP contribution in [0.1, 0.15) is 10.4 Å². The van der Waals surface area contributed by atoms with Gasteiger partial charge in [-0.2, -0.15) is 0 Å². The van der Waals surface area contributed by atoms with Crippen LogP contribution >= 0.6 is 11.6 Å². The van der Waals surface area contributed by atoms with E-state index in [4.69, 9.17) is 11.6 Å². The Hall–Kier alpha value is -1.67. The summed E-state index contributed by atoms with van der Waals surface area (Å²) in [6, 6.07) is 12.2. The highest BCUT2D eigenvalue weighted by atomic mass is 35.5. The average Bonchev–Trinajstić information content (AvgIpc) is 2.30. The van der Waals surface area contributed by atoms with Crippen LogP contribution in [-0.2, 0) is 0 Å². The molecule has 0 radical (unpaired) electrons. The normalized spacial score (nSPS) is 10.1. The number of hydrogen-bond donors (Lipinski definition) is 0. The molecule has 0 aromatic heterocycles. The summed E-state index contributed by atoms with van der Waals surface area (Å²) >= 11 is 5.81. The summed E-state index contributed by atoms with van der Waals surface area (Å²) in [5.41, 5.74) is 1.43. The quantitative estimate of drug-likeness (QED) is 0.719. The number of carbonyl (C=O) groups is 1. The van der Waals surface area contributed by atoms with Crippen LogP contribution in [0.15, 0.2) is 42.5 Å². The van der Waals surface area contributed by atoms with Crippen LogP contribution in [0.5, 0.6) is 0 Å². The van der Waals surface area contributed by atoms with E-state index in [2.05, 4.69) is 0 Å². The van der Waals surface area contributed by atoms with Crippen LogP contribution in [0.4, 0.5) is 4.39 Å². The fourth-order valence-electron chi connectivity index (χ4n) is 1.49. The van der Waals surface area contributed by atoms with E-state index in [9.17, 15) is 9.18 Å². The lowest BCUT2D eigenvalue weighted by atomic mass is 10.0. The molecular formula is C13H8ClFO. The fraction of sp³-hybridized carbons (Fsp3) is 0. The van der Waals surface area contributed by atoms with Crippen molar-refractivity contribution in [1.29, 1.82) is 0 Å². The highest BCUT2D eigenvalue weighted by molar-refractivity contribution is 6.33. The Morgan fingerprint density at radius 3 is 2.31 bits per heavy atom. The molecule has 0 fully saturated rings. The first-order valence-corrected chi connectivity index (χ1v) is 5.10. The zero-order chi connectivity index (χ0) is 11.5. The fourth-order valence-corrected chi connectivity index (χ4v) is 1.75. The second-order valence-corrected chi connectivity index (χ2v) is 3.74. The monoisotopic (exact) mass is 234 g/mol. The Bertz CT molecular complexity index is 500. The van der Waals surface area contributed by atoms with Crippen molar-refractivity contribution in [1.82, 2.24) is 0 Å². The van der Waals surface area contributed by atoms with E-state index in [0.717, 1.165) is 5.56 Å². The number of hydrogen-bond acceptors (Lipinski definition) is 1. The molecule has 0 aliphatic heterocycles. The first kappa shape index (κ1) is 10.8. The van der Waals surface area contributed by atoms with E-state index in [1.165, 1.54) is 6.07 Å². The van der Waals surface area contributed by atoms with Crippen molar-refractivity contribution in [2.75, 3.05) is 0 Å². The molecule has 0 amide bonds. The molecule has 0 saturated heterocycles. The Labute approximate surface area is 97.5 Å². The van der Waals surface area contributed by atoms with Crippen LogP contribution in [0.25, 0.3) is 11.1 Å². The van der Waals surface area contributed by atoms with Gasteiger partial charge >= 0.3 is 0 Å². The molecule has 0 heterocycles. The smallest absolute Gasteiger partial charge is 0.154 e. The van der Waals surface area contributed by atoms with Gasteiger partial charge in [0.2, 0.25) is 0 Å². The molecule has 2 aromatic carbocycles. The van der Waals surface area contributed by atoms with Crippen molar-refractivity contribution in [3.05, 3.63) is 58.9 Å². The number of rotatable bonds is 2. The van der Waals surface area contributed by atoms with Crippen LogP contribution in [0.2, 0.25) is 5.02 Å². The SMILES string of the molecule is O=Cc1c(F)cc(-c2ccccc2)cc1Cl. The standard InChI is InChI=1S/C13H8ClFO/c14-12-6-10(7-13(15)11(12)8-16)9-4-2-1-3-5-9/h1-8H. The molecule has 2 aromatic rings.